The van der Waals surface area contributed by atoms with Crippen LogP contribution in [-0.4, -0.2) is 49.7 Å². The van der Waals surface area contributed by atoms with Gasteiger partial charge in [-0.1, -0.05) is 30.2 Å². The van der Waals surface area contributed by atoms with Crippen LogP contribution in [0.4, 0.5) is 0 Å². The molecule has 1 saturated heterocycles. The lowest BCUT2D eigenvalue weighted by Crippen LogP contribution is -2.41. The van der Waals surface area contributed by atoms with E-state index < -0.39 is 10.0 Å². The molecule has 3 rings (SSSR count). The lowest BCUT2D eigenvalue weighted by molar-refractivity contribution is -0.138. The summed E-state index contributed by atoms with van der Waals surface area (Å²) in [6, 6.07) is 6.49. The van der Waals surface area contributed by atoms with Crippen LogP contribution >= 0.6 is 11.6 Å². The molecule has 0 N–H and O–H groups in total. The maximum atomic E-state index is 12.8. The molecule has 0 atom stereocenters. The highest BCUT2D eigenvalue weighted by Gasteiger charge is 2.33. The SMILES string of the molecule is O=C(C1CCC1)N1CCCN(S(=O)(=O)c2ccccc2Cl)CC1. The van der Waals surface area contributed by atoms with E-state index in [0.717, 1.165) is 19.3 Å². The second kappa shape index (κ2) is 6.79. The Morgan fingerprint density at radius 1 is 1.04 bits per heavy atom. The van der Waals surface area contributed by atoms with Crippen LogP contribution in [0.2, 0.25) is 5.02 Å². The van der Waals surface area contributed by atoms with E-state index in [2.05, 4.69) is 0 Å². The number of carbonyl (C=O) groups is 1. The van der Waals surface area contributed by atoms with E-state index in [0.29, 0.717) is 32.6 Å². The summed E-state index contributed by atoms with van der Waals surface area (Å²) in [5, 5.41) is 0.235. The van der Waals surface area contributed by atoms with Gasteiger partial charge in [-0.2, -0.15) is 4.31 Å². The summed E-state index contributed by atoms with van der Waals surface area (Å²) in [6.07, 6.45) is 3.72. The van der Waals surface area contributed by atoms with Gasteiger partial charge >= 0.3 is 0 Å². The van der Waals surface area contributed by atoms with Crippen LogP contribution in [-0.2, 0) is 14.8 Å². The lowest BCUT2D eigenvalue weighted by Gasteiger charge is -2.31. The average Bonchev–Trinajstić information content (AvgIpc) is 2.72. The number of halogens is 1. The van der Waals surface area contributed by atoms with Gasteiger partial charge in [0.05, 0.1) is 5.02 Å². The maximum Gasteiger partial charge on any atom is 0.244 e. The van der Waals surface area contributed by atoms with Gasteiger partial charge in [-0.25, -0.2) is 8.42 Å². The largest absolute Gasteiger partial charge is 0.341 e. The number of hydrogen-bond acceptors (Lipinski definition) is 3. The molecule has 2 aliphatic rings. The first-order chi connectivity index (χ1) is 11.0. The van der Waals surface area contributed by atoms with Crippen LogP contribution in [0, 0.1) is 5.92 Å². The van der Waals surface area contributed by atoms with Crippen molar-refractivity contribution in [2.24, 2.45) is 5.92 Å². The topological polar surface area (TPSA) is 57.7 Å². The molecule has 1 heterocycles. The standard InChI is InChI=1S/C16H21ClN2O3S/c17-14-7-1-2-8-15(14)23(21,22)19-10-4-9-18(11-12-19)16(20)13-5-3-6-13/h1-2,7-8,13H,3-6,9-12H2. The Labute approximate surface area is 142 Å². The highest BCUT2D eigenvalue weighted by molar-refractivity contribution is 7.89. The fraction of sp³-hybridized carbons (Fsp3) is 0.562. The molecule has 1 aliphatic heterocycles. The summed E-state index contributed by atoms with van der Waals surface area (Å²) in [4.78, 5) is 14.3. The summed E-state index contributed by atoms with van der Waals surface area (Å²) < 4.78 is 27.0. The van der Waals surface area contributed by atoms with Gasteiger partial charge in [-0.05, 0) is 31.4 Å². The summed E-state index contributed by atoms with van der Waals surface area (Å²) in [5.41, 5.74) is 0. The minimum Gasteiger partial charge on any atom is -0.341 e. The number of benzene rings is 1. The number of rotatable bonds is 3. The molecule has 1 aliphatic carbocycles. The molecule has 0 aromatic heterocycles. The van der Waals surface area contributed by atoms with Crippen molar-refractivity contribution in [3.05, 3.63) is 29.3 Å². The Kier molecular flexibility index (Phi) is 4.94. The number of nitrogens with zero attached hydrogens (tertiary/aromatic N) is 2. The highest BCUT2D eigenvalue weighted by atomic mass is 35.5. The Hall–Kier alpha value is -1.11. The minimum absolute atomic E-state index is 0.139. The van der Waals surface area contributed by atoms with Crippen LogP contribution < -0.4 is 0 Å². The first kappa shape index (κ1) is 16.7. The van der Waals surface area contributed by atoms with Gasteiger partial charge in [0.1, 0.15) is 4.90 Å². The molecule has 0 bridgehead atoms. The third-order valence-electron chi connectivity index (χ3n) is 4.68. The molecule has 5 nitrogen and oxygen atoms in total. The quantitative estimate of drug-likeness (QED) is 0.835. The van der Waals surface area contributed by atoms with Crippen LogP contribution in [0.25, 0.3) is 0 Å². The molecule has 1 saturated carbocycles. The van der Waals surface area contributed by atoms with E-state index >= 15 is 0 Å². The third kappa shape index (κ3) is 3.39. The predicted octanol–water partition coefficient (Wildman–Crippen LogP) is 2.36. The van der Waals surface area contributed by atoms with E-state index in [1.807, 2.05) is 4.90 Å². The van der Waals surface area contributed by atoms with Crippen LogP contribution in [0.1, 0.15) is 25.7 Å². The van der Waals surface area contributed by atoms with Crippen molar-refractivity contribution >= 4 is 27.5 Å². The van der Waals surface area contributed by atoms with Gasteiger partial charge in [0, 0.05) is 32.1 Å². The molecule has 7 heteroatoms. The summed E-state index contributed by atoms with van der Waals surface area (Å²) in [6.45, 7) is 1.83. The van der Waals surface area contributed by atoms with Crippen molar-refractivity contribution in [1.82, 2.24) is 9.21 Å². The predicted molar refractivity (Wildman–Crippen MR) is 88.7 cm³/mol. The molecule has 1 aromatic carbocycles. The van der Waals surface area contributed by atoms with E-state index in [-0.39, 0.29) is 21.7 Å². The number of amides is 1. The van der Waals surface area contributed by atoms with E-state index in [1.54, 1.807) is 18.2 Å². The monoisotopic (exact) mass is 356 g/mol. The van der Waals surface area contributed by atoms with Gasteiger partial charge in [0.15, 0.2) is 0 Å². The molecule has 2 fully saturated rings. The van der Waals surface area contributed by atoms with Crippen molar-refractivity contribution < 1.29 is 13.2 Å². The average molecular weight is 357 g/mol. The van der Waals surface area contributed by atoms with Crippen LogP contribution in [0.3, 0.4) is 0 Å². The fourth-order valence-corrected chi connectivity index (χ4v) is 5.02. The Morgan fingerprint density at radius 3 is 2.43 bits per heavy atom. The number of carbonyl (C=O) groups excluding carboxylic acids is 1. The Morgan fingerprint density at radius 2 is 1.78 bits per heavy atom. The van der Waals surface area contributed by atoms with E-state index in [9.17, 15) is 13.2 Å². The molecule has 126 valence electrons. The second-order valence-electron chi connectivity index (χ2n) is 6.14. The summed E-state index contributed by atoms with van der Waals surface area (Å²) in [5.74, 6) is 0.343. The zero-order valence-electron chi connectivity index (χ0n) is 12.9. The van der Waals surface area contributed by atoms with Crippen molar-refractivity contribution in [3.8, 4) is 0 Å². The van der Waals surface area contributed by atoms with E-state index in [1.165, 1.54) is 10.4 Å². The molecular formula is C16H21ClN2O3S. The van der Waals surface area contributed by atoms with Crippen LogP contribution in [0.15, 0.2) is 29.2 Å². The van der Waals surface area contributed by atoms with Crippen molar-refractivity contribution in [2.75, 3.05) is 26.2 Å². The minimum atomic E-state index is -3.61. The zero-order valence-corrected chi connectivity index (χ0v) is 14.5. The zero-order chi connectivity index (χ0) is 16.4. The van der Waals surface area contributed by atoms with Crippen molar-refractivity contribution in [1.29, 1.82) is 0 Å². The van der Waals surface area contributed by atoms with Crippen molar-refractivity contribution in [3.63, 3.8) is 0 Å². The lowest BCUT2D eigenvalue weighted by atomic mass is 9.84. The second-order valence-corrected chi connectivity index (χ2v) is 8.45. The Balaban J connectivity index is 1.72. The number of hydrogen-bond donors (Lipinski definition) is 0. The molecule has 23 heavy (non-hydrogen) atoms. The molecule has 0 spiro atoms. The first-order valence-corrected chi connectivity index (χ1v) is 9.85. The highest BCUT2D eigenvalue weighted by Crippen LogP contribution is 2.29. The van der Waals surface area contributed by atoms with Gasteiger partial charge in [0.2, 0.25) is 15.9 Å². The van der Waals surface area contributed by atoms with Crippen LogP contribution in [0.5, 0.6) is 0 Å². The van der Waals surface area contributed by atoms with Gasteiger partial charge < -0.3 is 4.90 Å². The smallest absolute Gasteiger partial charge is 0.244 e. The van der Waals surface area contributed by atoms with E-state index in [4.69, 9.17) is 11.6 Å². The first-order valence-electron chi connectivity index (χ1n) is 8.03. The maximum absolute atomic E-state index is 12.8. The van der Waals surface area contributed by atoms with Crippen molar-refractivity contribution in [2.45, 2.75) is 30.6 Å². The van der Waals surface area contributed by atoms with Gasteiger partial charge in [-0.15, -0.1) is 0 Å². The molecule has 1 amide bonds. The molecule has 0 unspecified atom stereocenters. The third-order valence-corrected chi connectivity index (χ3v) is 7.07. The summed E-state index contributed by atoms with van der Waals surface area (Å²) >= 11 is 6.05. The van der Waals surface area contributed by atoms with Gasteiger partial charge in [0.25, 0.3) is 0 Å². The number of sulfonamides is 1. The molecule has 1 aromatic rings. The normalized spacial score (nSPS) is 20.8. The summed E-state index contributed by atoms with van der Waals surface area (Å²) in [7, 11) is -3.61. The fourth-order valence-electron chi connectivity index (χ4n) is 3.06. The molecular weight excluding hydrogens is 336 g/mol. The molecule has 0 radical (unpaired) electrons. The van der Waals surface area contributed by atoms with Gasteiger partial charge in [-0.3, -0.25) is 4.79 Å². The Bertz CT molecular complexity index is 688.